The number of aromatic nitrogens is 1. The molecule has 2 bridgehead atoms. The second-order valence-corrected chi connectivity index (χ2v) is 7.08. The molecule has 4 rings (SSSR count). The fraction of sp³-hybridized carbons (Fsp3) is 0.400. The van der Waals surface area contributed by atoms with Gasteiger partial charge < -0.3 is 9.30 Å². The molecule has 2 atom stereocenters. The number of hydrogen-bond acceptors (Lipinski definition) is 4. The molecule has 1 aromatic carbocycles. The van der Waals surface area contributed by atoms with Crippen LogP contribution in [0.3, 0.4) is 0 Å². The molecule has 0 radical (unpaired) electrons. The highest BCUT2D eigenvalue weighted by atomic mass is 16.5. The molecule has 130 valence electrons. The zero-order chi connectivity index (χ0) is 17.4. The van der Waals surface area contributed by atoms with Gasteiger partial charge in [-0.25, -0.2) is 4.79 Å². The average molecular weight is 338 g/mol. The van der Waals surface area contributed by atoms with Crippen molar-refractivity contribution < 1.29 is 9.53 Å². The molecule has 25 heavy (non-hydrogen) atoms. The van der Waals surface area contributed by atoms with Crippen molar-refractivity contribution in [3.05, 3.63) is 69.6 Å². The number of carbonyl (C=O) groups is 1. The van der Waals surface area contributed by atoms with Gasteiger partial charge in [-0.15, -0.1) is 0 Å². The van der Waals surface area contributed by atoms with Crippen molar-refractivity contribution in [1.82, 2.24) is 9.47 Å². The van der Waals surface area contributed by atoms with Gasteiger partial charge in [-0.3, -0.25) is 9.69 Å². The zero-order valence-corrected chi connectivity index (χ0v) is 14.4. The fourth-order valence-corrected chi connectivity index (χ4v) is 4.30. The lowest BCUT2D eigenvalue weighted by Gasteiger charge is -2.42. The molecular formula is C20H22N2O3. The number of pyridine rings is 1. The van der Waals surface area contributed by atoms with Crippen molar-refractivity contribution in [3.8, 4) is 0 Å². The second-order valence-electron chi connectivity index (χ2n) is 7.08. The summed E-state index contributed by atoms with van der Waals surface area (Å²) in [4.78, 5) is 26.3. The summed E-state index contributed by atoms with van der Waals surface area (Å²) in [5, 5.41) is 0. The Balaban J connectivity index is 1.53. The molecule has 5 heteroatoms. The minimum Gasteiger partial charge on any atom is -0.465 e. The van der Waals surface area contributed by atoms with E-state index in [1.807, 2.05) is 22.8 Å². The normalized spacial score (nSPS) is 22.3. The maximum atomic E-state index is 12.1. The van der Waals surface area contributed by atoms with Crippen LogP contribution in [0.4, 0.5) is 0 Å². The van der Waals surface area contributed by atoms with Crippen molar-refractivity contribution in [1.29, 1.82) is 0 Å². The van der Waals surface area contributed by atoms with E-state index in [1.54, 1.807) is 12.1 Å². The number of likely N-dealkylation sites (tertiary alicyclic amines) is 1. The highest BCUT2D eigenvalue weighted by Gasteiger charge is 2.34. The number of esters is 1. The molecule has 0 N–H and O–H groups in total. The molecule has 1 saturated heterocycles. The molecule has 1 aromatic heterocycles. The van der Waals surface area contributed by atoms with E-state index in [0.717, 1.165) is 43.9 Å². The van der Waals surface area contributed by atoms with Gasteiger partial charge in [0.2, 0.25) is 0 Å². The molecule has 5 nitrogen and oxygen atoms in total. The first-order valence-electron chi connectivity index (χ1n) is 8.73. The van der Waals surface area contributed by atoms with Crippen molar-refractivity contribution in [2.24, 2.45) is 5.92 Å². The summed E-state index contributed by atoms with van der Waals surface area (Å²) >= 11 is 0. The number of methoxy groups -OCH3 is 1. The highest BCUT2D eigenvalue weighted by Crippen LogP contribution is 2.35. The van der Waals surface area contributed by atoms with E-state index >= 15 is 0 Å². The van der Waals surface area contributed by atoms with Crippen molar-refractivity contribution >= 4 is 5.97 Å². The first kappa shape index (κ1) is 16.1. The Kier molecular flexibility index (Phi) is 4.17. The summed E-state index contributed by atoms with van der Waals surface area (Å²) in [7, 11) is 1.40. The van der Waals surface area contributed by atoms with E-state index in [4.69, 9.17) is 4.74 Å². The largest absolute Gasteiger partial charge is 0.465 e. The van der Waals surface area contributed by atoms with E-state index in [0.29, 0.717) is 17.4 Å². The number of benzene rings is 1. The number of rotatable bonds is 3. The number of fused-ring (bicyclic) bond motifs is 4. The van der Waals surface area contributed by atoms with Gasteiger partial charge in [-0.2, -0.15) is 0 Å². The van der Waals surface area contributed by atoms with Crippen molar-refractivity contribution in [3.63, 3.8) is 0 Å². The Labute approximate surface area is 146 Å². The van der Waals surface area contributed by atoms with Crippen LogP contribution in [0.25, 0.3) is 0 Å². The maximum absolute atomic E-state index is 12.1. The predicted octanol–water partition coefficient (Wildman–Crippen LogP) is 2.25. The quantitative estimate of drug-likeness (QED) is 0.806. The Morgan fingerprint density at radius 3 is 2.84 bits per heavy atom. The Hall–Kier alpha value is -2.40. The van der Waals surface area contributed by atoms with Crippen LogP contribution in [0, 0.1) is 5.92 Å². The van der Waals surface area contributed by atoms with E-state index in [1.165, 1.54) is 7.11 Å². The number of hydrogen-bond donors (Lipinski definition) is 0. The minimum atomic E-state index is -0.300. The van der Waals surface area contributed by atoms with Crippen LogP contribution < -0.4 is 5.56 Å². The molecule has 0 saturated carbocycles. The van der Waals surface area contributed by atoms with E-state index in [2.05, 4.69) is 17.0 Å². The lowest BCUT2D eigenvalue weighted by atomic mass is 9.83. The van der Waals surface area contributed by atoms with Crippen LogP contribution in [-0.2, 0) is 17.8 Å². The van der Waals surface area contributed by atoms with E-state index in [9.17, 15) is 9.59 Å². The molecule has 0 amide bonds. The molecule has 0 spiro atoms. The SMILES string of the molecule is COC(=O)c1cccc(CN2CC3CC(C2)c2cccc(=O)n2C3)c1. The third-order valence-electron chi connectivity index (χ3n) is 5.31. The van der Waals surface area contributed by atoms with Crippen molar-refractivity contribution in [2.75, 3.05) is 20.2 Å². The van der Waals surface area contributed by atoms with Crippen LogP contribution in [0.5, 0.6) is 0 Å². The number of ether oxygens (including phenoxy) is 1. The van der Waals surface area contributed by atoms with Gasteiger partial charge in [0.25, 0.3) is 5.56 Å². The minimum absolute atomic E-state index is 0.117. The number of carbonyl (C=O) groups excluding carboxylic acids is 1. The van der Waals surface area contributed by atoms with Gasteiger partial charge >= 0.3 is 5.97 Å². The summed E-state index contributed by atoms with van der Waals surface area (Å²) < 4.78 is 6.76. The first-order valence-corrected chi connectivity index (χ1v) is 8.73. The summed E-state index contributed by atoms with van der Waals surface area (Å²) in [5.41, 5.74) is 2.99. The standard InChI is InChI=1S/C20H22N2O3/c1-25-20(24)16-5-2-4-14(8-16)10-21-11-15-9-17(13-21)18-6-3-7-19(23)22(18)12-15/h2-8,15,17H,9-13H2,1H3. The lowest BCUT2D eigenvalue weighted by Crippen LogP contribution is -2.46. The van der Waals surface area contributed by atoms with Gasteiger partial charge in [0.1, 0.15) is 0 Å². The molecule has 2 aromatic rings. The smallest absolute Gasteiger partial charge is 0.337 e. The second kappa shape index (κ2) is 6.48. The monoisotopic (exact) mass is 338 g/mol. The van der Waals surface area contributed by atoms with Gasteiger partial charge in [0.05, 0.1) is 12.7 Å². The van der Waals surface area contributed by atoms with Crippen LogP contribution >= 0.6 is 0 Å². The highest BCUT2D eigenvalue weighted by molar-refractivity contribution is 5.89. The van der Waals surface area contributed by atoms with Gasteiger partial charge in [0, 0.05) is 43.9 Å². The zero-order valence-electron chi connectivity index (χ0n) is 14.4. The average Bonchev–Trinajstić information content (AvgIpc) is 2.62. The van der Waals surface area contributed by atoms with Gasteiger partial charge in [-0.05, 0) is 36.1 Å². The summed E-state index contributed by atoms with van der Waals surface area (Å²) in [6.45, 7) is 3.56. The summed E-state index contributed by atoms with van der Waals surface area (Å²) in [5.74, 6) is 0.617. The van der Waals surface area contributed by atoms with Crippen LogP contribution in [0.1, 0.15) is 34.0 Å². The Bertz CT molecular complexity index is 858. The molecule has 2 unspecified atom stereocenters. The molecule has 2 aliphatic heterocycles. The number of piperidine rings is 1. The first-order chi connectivity index (χ1) is 12.1. The molecule has 3 heterocycles. The van der Waals surface area contributed by atoms with Crippen LogP contribution in [-0.4, -0.2) is 35.6 Å². The summed E-state index contributed by atoms with van der Waals surface area (Å²) in [6, 6.07) is 13.3. The predicted molar refractivity (Wildman–Crippen MR) is 94.6 cm³/mol. The fourth-order valence-electron chi connectivity index (χ4n) is 4.30. The van der Waals surface area contributed by atoms with Gasteiger partial charge in [-0.1, -0.05) is 18.2 Å². The lowest BCUT2D eigenvalue weighted by molar-refractivity contribution is 0.0600. The molecule has 2 aliphatic rings. The topological polar surface area (TPSA) is 51.5 Å². The number of nitrogens with zero attached hydrogens (tertiary/aromatic N) is 2. The van der Waals surface area contributed by atoms with Crippen LogP contribution in [0.15, 0.2) is 47.3 Å². The Morgan fingerprint density at radius 2 is 2.00 bits per heavy atom. The van der Waals surface area contributed by atoms with Crippen molar-refractivity contribution in [2.45, 2.75) is 25.4 Å². The summed E-state index contributed by atoms with van der Waals surface area (Å²) in [6.07, 6.45) is 1.15. The third kappa shape index (κ3) is 3.12. The third-order valence-corrected chi connectivity index (χ3v) is 5.31. The van der Waals surface area contributed by atoms with Gasteiger partial charge in [0.15, 0.2) is 0 Å². The maximum Gasteiger partial charge on any atom is 0.337 e. The molecule has 1 fully saturated rings. The van der Waals surface area contributed by atoms with E-state index in [-0.39, 0.29) is 11.5 Å². The molecule has 0 aliphatic carbocycles. The Morgan fingerprint density at radius 1 is 1.16 bits per heavy atom. The van der Waals surface area contributed by atoms with E-state index < -0.39 is 0 Å². The molecular weight excluding hydrogens is 316 g/mol. The van der Waals surface area contributed by atoms with Crippen LogP contribution in [0.2, 0.25) is 0 Å².